The molecule has 1 unspecified atom stereocenters. The summed E-state index contributed by atoms with van der Waals surface area (Å²) in [7, 11) is 0. The number of aliphatic carboxylic acids is 1. The number of benzene rings is 2. The lowest BCUT2D eigenvalue weighted by molar-refractivity contribution is -0.139. The van der Waals surface area contributed by atoms with Gasteiger partial charge in [-0.2, -0.15) is 0 Å². The maximum Gasteiger partial charge on any atom is 0.326 e. The minimum atomic E-state index is -1.12. The Kier molecular flexibility index (Phi) is 7.84. The van der Waals surface area contributed by atoms with Crippen molar-refractivity contribution < 1.29 is 19.4 Å². The van der Waals surface area contributed by atoms with Gasteiger partial charge in [-0.05, 0) is 35.6 Å². The number of hydrogen-bond acceptors (Lipinski definition) is 5. The minimum absolute atomic E-state index is 0.0933. The molecule has 3 aromatic rings. The van der Waals surface area contributed by atoms with Gasteiger partial charge < -0.3 is 15.2 Å². The summed E-state index contributed by atoms with van der Waals surface area (Å²) < 4.78 is 5.56. The van der Waals surface area contributed by atoms with Crippen LogP contribution in [0.1, 0.15) is 16.8 Å². The first-order valence-electron chi connectivity index (χ1n) is 9.56. The average Bonchev–Trinajstić information content (AvgIpc) is 2.82. The fourth-order valence-electron chi connectivity index (χ4n) is 2.92. The number of rotatable bonds is 9. The fraction of sp³-hybridized carbons (Fsp3) is 0.125. The van der Waals surface area contributed by atoms with Gasteiger partial charge in [0.2, 0.25) is 0 Å². The molecule has 0 saturated carbocycles. The van der Waals surface area contributed by atoms with Crippen LogP contribution in [0.5, 0.6) is 5.75 Å². The number of hydrogen-bond donors (Lipinski definition) is 2. The molecule has 1 heterocycles. The standard InChI is InChI=1S/C24H22N2O4S/c1-31-19(16-30-18-10-7-13-25-15-18)14-22(24(28)29)26-23(27)21-12-6-5-11-20(21)17-8-3-2-4-9-17/h2-13,15-16,22H,14H2,1H3,(H,26,27)(H,28,29). The summed E-state index contributed by atoms with van der Waals surface area (Å²) in [6.45, 7) is 0. The second-order valence-electron chi connectivity index (χ2n) is 6.57. The third kappa shape index (κ3) is 6.20. The molecule has 3 rings (SSSR count). The van der Waals surface area contributed by atoms with Gasteiger partial charge in [-0.3, -0.25) is 9.78 Å². The van der Waals surface area contributed by atoms with E-state index < -0.39 is 17.9 Å². The van der Waals surface area contributed by atoms with Crippen LogP contribution < -0.4 is 10.1 Å². The van der Waals surface area contributed by atoms with E-state index in [1.807, 2.05) is 48.7 Å². The molecule has 1 atom stereocenters. The zero-order valence-electron chi connectivity index (χ0n) is 16.9. The molecule has 0 spiro atoms. The Morgan fingerprint density at radius 2 is 1.84 bits per heavy atom. The number of carbonyl (C=O) groups is 2. The number of carbonyl (C=O) groups excluding carboxylic acids is 1. The van der Waals surface area contributed by atoms with Crippen LogP contribution in [0.15, 0.2) is 90.3 Å². The van der Waals surface area contributed by atoms with Gasteiger partial charge in [0.15, 0.2) is 0 Å². The molecule has 158 valence electrons. The number of thioether (sulfide) groups is 1. The molecule has 2 aromatic carbocycles. The highest BCUT2D eigenvalue weighted by Gasteiger charge is 2.23. The molecule has 0 aliphatic heterocycles. The molecule has 0 aliphatic carbocycles. The topological polar surface area (TPSA) is 88.5 Å². The van der Waals surface area contributed by atoms with Crippen LogP contribution in [0.3, 0.4) is 0 Å². The normalized spacial score (nSPS) is 12.1. The van der Waals surface area contributed by atoms with Crippen LogP contribution in [0, 0.1) is 0 Å². The SMILES string of the molecule is CSC(=COc1cccnc1)CC(NC(=O)c1ccccc1-c1ccccc1)C(=O)O. The summed E-state index contributed by atoms with van der Waals surface area (Å²) in [5.74, 6) is -1.02. The molecule has 0 fully saturated rings. The van der Waals surface area contributed by atoms with E-state index in [2.05, 4.69) is 10.3 Å². The van der Waals surface area contributed by atoms with Crippen molar-refractivity contribution in [3.8, 4) is 16.9 Å². The maximum atomic E-state index is 13.0. The quantitative estimate of drug-likeness (QED) is 0.478. The Bertz CT molecular complexity index is 1060. The van der Waals surface area contributed by atoms with Crippen LogP contribution in [-0.2, 0) is 4.79 Å². The maximum absolute atomic E-state index is 13.0. The van der Waals surface area contributed by atoms with Crippen LogP contribution in [0.2, 0.25) is 0 Å². The van der Waals surface area contributed by atoms with Crippen molar-refractivity contribution in [2.45, 2.75) is 12.5 Å². The predicted molar refractivity (Wildman–Crippen MR) is 122 cm³/mol. The monoisotopic (exact) mass is 434 g/mol. The van der Waals surface area contributed by atoms with Gasteiger partial charge in [0.25, 0.3) is 5.91 Å². The summed E-state index contributed by atoms with van der Waals surface area (Å²) in [5.41, 5.74) is 2.04. The number of ether oxygens (including phenoxy) is 1. The van der Waals surface area contributed by atoms with Crippen molar-refractivity contribution in [3.05, 3.63) is 95.9 Å². The van der Waals surface area contributed by atoms with E-state index in [0.29, 0.717) is 16.2 Å². The molecular weight excluding hydrogens is 412 g/mol. The first-order valence-corrected chi connectivity index (χ1v) is 10.8. The number of nitrogens with one attached hydrogen (secondary N) is 1. The Labute approximate surface area is 185 Å². The third-order valence-corrected chi connectivity index (χ3v) is 5.28. The molecule has 1 aromatic heterocycles. The van der Waals surface area contributed by atoms with Gasteiger partial charge in [-0.15, -0.1) is 11.8 Å². The summed E-state index contributed by atoms with van der Waals surface area (Å²) in [4.78, 5) is 29.5. The van der Waals surface area contributed by atoms with Gasteiger partial charge in [-0.25, -0.2) is 4.79 Å². The van der Waals surface area contributed by atoms with Crippen molar-refractivity contribution >= 4 is 23.6 Å². The molecule has 0 saturated heterocycles. The molecule has 2 N–H and O–H groups in total. The number of amides is 1. The van der Waals surface area contributed by atoms with E-state index in [-0.39, 0.29) is 6.42 Å². The molecule has 0 aliphatic rings. The van der Waals surface area contributed by atoms with E-state index in [4.69, 9.17) is 4.74 Å². The van der Waals surface area contributed by atoms with Gasteiger partial charge in [-0.1, -0.05) is 48.5 Å². The third-order valence-electron chi connectivity index (χ3n) is 4.49. The number of carboxylic acid groups (broad SMARTS) is 1. The van der Waals surface area contributed by atoms with Crippen LogP contribution in [0.4, 0.5) is 0 Å². The molecular formula is C24H22N2O4S. The van der Waals surface area contributed by atoms with Crippen LogP contribution >= 0.6 is 11.8 Å². The number of nitrogens with zero attached hydrogens (tertiary/aromatic N) is 1. The molecule has 31 heavy (non-hydrogen) atoms. The van der Waals surface area contributed by atoms with Crippen molar-refractivity contribution in [2.24, 2.45) is 0 Å². The smallest absolute Gasteiger partial charge is 0.326 e. The van der Waals surface area contributed by atoms with E-state index in [0.717, 1.165) is 11.1 Å². The minimum Gasteiger partial charge on any atom is -0.480 e. The predicted octanol–water partition coefficient (Wildman–Crippen LogP) is 4.61. The Hall–Kier alpha value is -3.58. The fourth-order valence-corrected chi connectivity index (χ4v) is 3.40. The Morgan fingerprint density at radius 3 is 2.52 bits per heavy atom. The Balaban J connectivity index is 1.76. The number of aromatic nitrogens is 1. The van der Waals surface area contributed by atoms with E-state index in [1.165, 1.54) is 18.0 Å². The lowest BCUT2D eigenvalue weighted by Crippen LogP contribution is -2.41. The van der Waals surface area contributed by atoms with Gasteiger partial charge in [0.05, 0.1) is 6.20 Å². The second-order valence-corrected chi connectivity index (χ2v) is 7.51. The molecule has 1 amide bonds. The van der Waals surface area contributed by atoms with Crippen molar-refractivity contribution in [1.82, 2.24) is 10.3 Å². The van der Waals surface area contributed by atoms with Gasteiger partial charge >= 0.3 is 5.97 Å². The molecule has 6 nitrogen and oxygen atoms in total. The largest absolute Gasteiger partial charge is 0.480 e. The van der Waals surface area contributed by atoms with Gasteiger partial charge in [0.1, 0.15) is 18.1 Å². The first-order chi connectivity index (χ1) is 15.1. The summed E-state index contributed by atoms with van der Waals surface area (Å²) in [6.07, 6.45) is 6.60. The van der Waals surface area contributed by atoms with Crippen molar-refractivity contribution in [1.29, 1.82) is 0 Å². The lowest BCUT2D eigenvalue weighted by Gasteiger charge is -2.17. The van der Waals surface area contributed by atoms with E-state index >= 15 is 0 Å². The second kappa shape index (κ2) is 11.0. The molecule has 7 heteroatoms. The summed E-state index contributed by atoms with van der Waals surface area (Å²) >= 11 is 1.36. The summed E-state index contributed by atoms with van der Waals surface area (Å²) in [6, 6.07) is 19.0. The highest BCUT2D eigenvalue weighted by Crippen LogP contribution is 2.24. The zero-order chi connectivity index (χ0) is 22.1. The number of pyridine rings is 1. The number of carboxylic acids is 1. The average molecular weight is 435 g/mol. The molecule has 0 radical (unpaired) electrons. The van der Waals surface area contributed by atoms with Crippen LogP contribution in [-0.4, -0.2) is 34.3 Å². The first kappa shape index (κ1) is 22.1. The highest BCUT2D eigenvalue weighted by molar-refractivity contribution is 8.02. The van der Waals surface area contributed by atoms with E-state index in [9.17, 15) is 14.7 Å². The molecule has 0 bridgehead atoms. The lowest BCUT2D eigenvalue weighted by atomic mass is 9.99. The van der Waals surface area contributed by atoms with Crippen LogP contribution in [0.25, 0.3) is 11.1 Å². The van der Waals surface area contributed by atoms with E-state index in [1.54, 1.807) is 36.7 Å². The summed E-state index contributed by atoms with van der Waals surface area (Å²) in [5, 5.41) is 12.3. The van der Waals surface area contributed by atoms with Crippen molar-refractivity contribution in [3.63, 3.8) is 0 Å². The van der Waals surface area contributed by atoms with Gasteiger partial charge in [0, 0.05) is 23.1 Å². The zero-order valence-corrected chi connectivity index (χ0v) is 17.7. The Morgan fingerprint density at radius 1 is 1.10 bits per heavy atom. The highest BCUT2D eigenvalue weighted by atomic mass is 32.2. The van der Waals surface area contributed by atoms with Crippen molar-refractivity contribution in [2.75, 3.05) is 6.26 Å².